The van der Waals surface area contributed by atoms with E-state index in [1.54, 1.807) is 0 Å². The summed E-state index contributed by atoms with van der Waals surface area (Å²) in [6.45, 7) is 1.89. The van der Waals surface area contributed by atoms with Gasteiger partial charge in [0.15, 0.2) is 0 Å². The van der Waals surface area contributed by atoms with Gasteiger partial charge in [0.1, 0.15) is 4.88 Å². The van der Waals surface area contributed by atoms with Gasteiger partial charge in [-0.25, -0.2) is 0 Å². The van der Waals surface area contributed by atoms with Gasteiger partial charge in [0.05, 0.1) is 5.02 Å². The van der Waals surface area contributed by atoms with Gasteiger partial charge in [-0.3, -0.25) is 4.79 Å². The number of aryl methyl sites for hydroxylation is 1. The van der Waals surface area contributed by atoms with Crippen LogP contribution in [0, 0.1) is 6.92 Å². The van der Waals surface area contributed by atoms with Crippen molar-refractivity contribution in [3.8, 4) is 0 Å². The third-order valence-corrected chi connectivity index (χ3v) is 5.61. The molecular formula is C16H11BrClNOS. The van der Waals surface area contributed by atoms with E-state index in [0.717, 1.165) is 26.5 Å². The van der Waals surface area contributed by atoms with Gasteiger partial charge in [0, 0.05) is 15.5 Å². The second-order valence-electron chi connectivity index (χ2n) is 4.66. The van der Waals surface area contributed by atoms with E-state index in [1.165, 1.54) is 11.3 Å². The maximum absolute atomic E-state index is 12.4. The van der Waals surface area contributed by atoms with Gasteiger partial charge in [-0.2, -0.15) is 0 Å². The van der Waals surface area contributed by atoms with Crippen LogP contribution in [0.1, 0.15) is 15.2 Å². The Morgan fingerprint density at radius 3 is 2.57 bits per heavy atom. The Morgan fingerprint density at radius 2 is 1.90 bits per heavy atom. The van der Waals surface area contributed by atoms with Gasteiger partial charge < -0.3 is 5.32 Å². The lowest BCUT2D eigenvalue weighted by Gasteiger charge is -2.09. The highest BCUT2D eigenvalue weighted by molar-refractivity contribution is 9.10. The molecule has 0 aliphatic rings. The highest BCUT2D eigenvalue weighted by atomic mass is 79.9. The first kappa shape index (κ1) is 14.6. The molecule has 2 nitrogen and oxygen atoms in total. The lowest BCUT2D eigenvalue weighted by molar-refractivity contribution is 0.103. The SMILES string of the molecule is Cc1csc(C(=O)Nc2ccc(Br)c3ccccc23)c1Cl. The van der Waals surface area contributed by atoms with Crippen molar-refractivity contribution < 1.29 is 4.79 Å². The van der Waals surface area contributed by atoms with E-state index >= 15 is 0 Å². The van der Waals surface area contributed by atoms with Gasteiger partial charge in [0.25, 0.3) is 5.91 Å². The maximum atomic E-state index is 12.4. The second-order valence-corrected chi connectivity index (χ2v) is 6.77. The number of thiophene rings is 1. The smallest absolute Gasteiger partial charge is 0.267 e. The number of halogens is 2. The quantitative estimate of drug-likeness (QED) is 0.591. The summed E-state index contributed by atoms with van der Waals surface area (Å²) in [6, 6.07) is 11.7. The number of hydrogen-bond acceptors (Lipinski definition) is 2. The molecule has 0 saturated heterocycles. The summed E-state index contributed by atoms with van der Waals surface area (Å²) in [6.07, 6.45) is 0. The Bertz CT molecular complexity index is 843. The van der Waals surface area contributed by atoms with Crippen LogP contribution in [0.5, 0.6) is 0 Å². The molecule has 1 N–H and O–H groups in total. The van der Waals surface area contributed by atoms with E-state index in [-0.39, 0.29) is 5.91 Å². The Labute approximate surface area is 139 Å². The third-order valence-electron chi connectivity index (χ3n) is 3.22. The first-order valence-electron chi connectivity index (χ1n) is 6.30. The molecule has 106 valence electrons. The number of anilines is 1. The fourth-order valence-electron chi connectivity index (χ4n) is 2.13. The van der Waals surface area contributed by atoms with Crippen molar-refractivity contribution in [2.24, 2.45) is 0 Å². The molecule has 0 aliphatic carbocycles. The summed E-state index contributed by atoms with van der Waals surface area (Å²) in [5, 5.41) is 7.41. The van der Waals surface area contributed by atoms with Gasteiger partial charge in [-0.15, -0.1) is 11.3 Å². The number of hydrogen-bond donors (Lipinski definition) is 1. The molecule has 1 amide bonds. The molecule has 3 aromatic rings. The van der Waals surface area contributed by atoms with Crippen molar-refractivity contribution in [1.82, 2.24) is 0 Å². The number of carbonyl (C=O) groups is 1. The van der Waals surface area contributed by atoms with Crippen LogP contribution in [0.15, 0.2) is 46.3 Å². The van der Waals surface area contributed by atoms with Crippen LogP contribution in [0.25, 0.3) is 10.8 Å². The number of fused-ring (bicyclic) bond motifs is 1. The van der Waals surface area contributed by atoms with Crippen LogP contribution in [-0.2, 0) is 0 Å². The normalized spacial score (nSPS) is 10.8. The topological polar surface area (TPSA) is 29.1 Å². The zero-order valence-electron chi connectivity index (χ0n) is 11.1. The molecule has 5 heteroatoms. The minimum atomic E-state index is -0.175. The van der Waals surface area contributed by atoms with E-state index in [1.807, 2.05) is 48.7 Å². The average molecular weight is 381 g/mol. The molecule has 0 aliphatic heterocycles. The fraction of sp³-hybridized carbons (Fsp3) is 0.0625. The summed E-state index contributed by atoms with van der Waals surface area (Å²) < 4.78 is 1.00. The van der Waals surface area contributed by atoms with Crippen molar-refractivity contribution in [2.75, 3.05) is 5.32 Å². The molecule has 1 aromatic heterocycles. The molecule has 0 radical (unpaired) electrons. The Kier molecular flexibility index (Phi) is 4.02. The monoisotopic (exact) mass is 379 g/mol. The van der Waals surface area contributed by atoms with E-state index in [9.17, 15) is 4.79 Å². The minimum Gasteiger partial charge on any atom is -0.321 e. The molecule has 1 heterocycles. The lowest BCUT2D eigenvalue weighted by atomic mass is 10.1. The zero-order chi connectivity index (χ0) is 15.0. The van der Waals surface area contributed by atoms with Crippen LogP contribution in [0.2, 0.25) is 5.02 Å². The van der Waals surface area contributed by atoms with Crippen molar-refractivity contribution in [2.45, 2.75) is 6.92 Å². The van der Waals surface area contributed by atoms with Gasteiger partial charge in [-0.1, -0.05) is 51.8 Å². The molecule has 0 unspecified atom stereocenters. The number of rotatable bonds is 2. The van der Waals surface area contributed by atoms with Crippen molar-refractivity contribution in [3.63, 3.8) is 0 Å². The van der Waals surface area contributed by atoms with Crippen LogP contribution in [-0.4, -0.2) is 5.91 Å². The first-order valence-corrected chi connectivity index (χ1v) is 8.35. The fourth-order valence-corrected chi connectivity index (χ4v) is 3.79. The molecular weight excluding hydrogens is 370 g/mol. The molecule has 0 fully saturated rings. The van der Waals surface area contributed by atoms with Crippen molar-refractivity contribution in [3.05, 3.63) is 61.7 Å². The van der Waals surface area contributed by atoms with E-state index in [0.29, 0.717) is 9.90 Å². The number of amides is 1. The predicted molar refractivity (Wildman–Crippen MR) is 93.7 cm³/mol. The highest BCUT2D eigenvalue weighted by Crippen LogP contribution is 2.32. The molecule has 0 saturated carbocycles. The molecule has 0 spiro atoms. The number of carbonyl (C=O) groups excluding carboxylic acids is 1. The second kappa shape index (κ2) is 5.79. The van der Waals surface area contributed by atoms with E-state index in [4.69, 9.17) is 11.6 Å². The highest BCUT2D eigenvalue weighted by Gasteiger charge is 2.16. The first-order chi connectivity index (χ1) is 10.1. The third kappa shape index (κ3) is 2.71. The lowest BCUT2D eigenvalue weighted by Crippen LogP contribution is -2.11. The summed E-state index contributed by atoms with van der Waals surface area (Å²) in [5.41, 5.74) is 1.70. The summed E-state index contributed by atoms with van der Waals surface area (Å²) in [4.78, 5) is 12.9. The van der Waals surface area contributed by atoms with Crippen LogP contribution in [0.3, 0.4) is 0 Å². The predicted octanol–water partition coefficient (Wildman–Crippen LogP) is 5.88. The largest absolute Gasteiger partial charge is 0.321 e. The van der Waals surface area contributed by atoms with Gasteiger partial charge >= 0.3 is 0 Å². The summed E-state index contributed by atoms with van der Waals surface area (Å²) >= 11 is 11.0. The van der Waals surface area contributed by atoms with Gasteiger partial charge in [0.2, 0.25) is 0 Å². The Morgan fingerprint density at radius 1 is 1.19 bits per heavy atom. The van der Waals surface area contributed by atoms with Crippen molar-refractivity contribution in [1.29, 1.82) is 0 Å². The van der Waals surface area contributed by atoms with E-state index < -0.39 is 0 Å². The van der Waals surface area contributed by atoms with Crippen LogP contribution >= 0.6 is 38.9 Å². The van der Waals surface area contributed by atoms with E-state index in [2.05, 4.69) is 21.2 Å². The van der Waals surface area contributed by atoms with Crippen LogP contribution < -0.4 is 5.32 Å². The molecule has 0 atom stereocenters. The Hall–Kier alpha value is -1.36. The summed E-state index contributed by atoms with van der Waals surface area (Å²) in [5.74, 6) is -0.175. The molecule has 0 bridgehead atoms. The maximum Gasteiger partial charge on any atom is 0.267 e. The van der Waals surface area contributed by atoms with Gasteiger partial charge in [-0.05, 0) is 35.4 Å². The molecule has 21 heavy (non-hydrogen) atoms. The van der Waals surface area contributed by atoms with Crippen LogP contribution in [0.4, 0.5) is 5.69 Å². The average Bonchev–Trinajstić information content (AvgIpc) is 2.82. The molecule has 3 rings (SSSR count). The zero-order valence-corrected chi connectivity index (χ0v) is 14.3. The standard InChI is InChI=1S/C16H11BrClNOS/c1-9-8-21-15(14(9)18)16(20)19-13-7-6-12(17)10-4-2-3-5-11(10)13/h2-8H,1H3,(H,19,20). The number of benzene rings is 2. The summed E-state index contributed by atoms with van der Waals surface area (Å²) in [7, 11) is 0. The Balaban J connectivity index is 2.01. The molecule has 2 aromatic carbocycles. The van der Waals surface area contributed by atoms with Crippen molar-refractivity contribution >= 4 is 61.2 Å². The number of nitrogens with one attached hydrogen (secondary N) is 1. The minimum absolute atomic E-state index is 0.175.